The molecule has 2 fully saturated rings. The third-order valence-electron chi connectivity index (χ3n) is 5.65. The van der Waals surface area contributed by atoms with Crippen LogP contribution in [-0.4, -0.2) is 62.3 Å². The number of piperidine rings is 1. The van der Waals surface area contributed by atoms with E-state index in [1.807, 2.05) is 7.05 Å². The summed E-state index contributed by atoms with van der Waals surface area (Å²) in [6.07, 6.45) is 5.10. The predicted molar refractivity (Wildman–Crippen MR) is 106 cm³/mol. The van der Waals surface area contributed by atoms with Crippen molar-refractivity contribution in [3.05, 3.63) is 0 Å². The van der Waals surface area contributed by atoms with Crippen molar-refractivity contribution in [2.75, 3.05) is 33.3 Å². The second kappa shape index (κ2) is 9.22. The van der Waals surface area contributed by atoms with Crippen LogP contribution in [0.5, 0.6) is 0 Å². The fraction of sp³-hybridized carbons (Fsp3) is 0.950. The van der Waals surface area contributed by atoms with Gasteiger partial charge in [-0.1, -0.05) is 20.8 Å². The Balaban J connectivity index is 1.80. The van der Waals surface area contributed by atoms with E-state index in [-0.39, 0.29) is 5.41 Å². The number of guanidine groups is 1. The summed E-state index contributed by atoms with van der Waals surface area (Å²) in [6, 6.07) is 1.18. The molecule has 0 aromatic carbocycles. The number of hydrogen-bond acceptors (Lipinski definition) is 3. The molecule has 5 nitrogen and oxygen atoms in total. The van der Waals surface area contributed by atoms with Crippen molar-refractivity contribution in [3.8, 4) is 0 Å². The number of rotatable bonds is 4. The summed E-state index contributed by atoms with van der Waals surface area (Å²) in [5.41, 5.74) is 0.188. The van der Waals surface area contributed by atoms with Crippen molar-refractivity contribution < 1.29 is 4.74 Å². The average Bonchev–Trinajstić information content (AvgIpc) is 2.58. The number of hydrogen-bond donors (Lipinski definition) is 2. The number of ether oxygens (including phenoxy) is 1. The van der Waals surface area contributed by atoms with Crippen molar-refractivity contribution in [2.24, 2.45) is 16.3 Å². The molecule has 0 saturated carbocycles. The minimum Gasteiger partial charge on any atom is -0.377 e. The van der Waals surface area contributed by atoms with E-state index < -0.39 is 0 Å². The van der Waals surface area contributed by atoms with Gasteiger partial charge in [-0.05, 0) is 44.9 Å². The number of aliphatic imine (C=N–C) groups is 1. The van der Waals surface area contributed by atoms with Crippen LogP contribution < -0.4 is 10.6 Å². The van der Waals surface area contributed by atoms with Gasteiger partial charge in [-0.25, -0.2) is 0 Å². The molecule has 0 amide bonds. The lowest BCUT2D eigenvalue weighted by Gasteiger charge is -2.40. The SMILES string of the molecule is CN=C(NCC1CCCOC1C(C)(C)C)NC1CCN(C(C)C)CC1. The molecule has 146 valence electrons. The second-order valence-electron chi connectivity index (χ2n) is 9.06. The molecular weight excluding hydrogens is 312 g/mol. The van der Waals surface area contributed by atoms with E-state index in [0.717, 1.165) is 19.1 Å². The molecule has 2 unspecified atom stereocenters. The first-order valence-corrected chi connectivity index (χ1v) is 10.1. The molecule has 2 atom stereocenters. The van der Waals surface area contributed by atoms with Crippen LogP contribution in [0, 0.1) is 11.3 Å². The molecule has 0 aromatic heterocycles. The lowest BCUT2D eigenvalue weighted by molar-refractivity contribution is -0.0835. The van der Waals surface area contributed by atoms with Gasteiger partial charge in [-0.15, -0.1) is 0 Å². The summed E-state index contributed by atoms with van der Waals surface area (Å²) in [4.78, 5) is 7.01. The highest BCUT2D eigenvalue weighted by molar-refractivity contribution is 5.79. The van der Waals surface area contributed by atoms with E-state index >= 15 is 0 Å². The number of likely N-dealkylation sites (tertiary alicyclic amines) is 1. The fourth-order valence-corrected chi connectivity index (χ4v) is 4.19. The Bertz CT molecular complexity index is 422. The van der Waals surface area contributed by atoms with Crippen LogP contribution in [0.3, 0.4) is 0 Å². The molecule has 25 heavy (non-hydrogen) atoms. The summed E-state index contributed by atoms with van der Waals surface area (Å²) in [6.45, 7) is 15.6. The van der Waals surface area contributed by atoms with Gasteiger partial charge in [-0.2, -0.15) is 0 Å². The topological polar surface area (TPSA) is 48.9 Å². The van der Waals surface area contributed by atoms with Gasteiger partial charge in [-0.3, -0.25) is 4.99 Å². The highest BCUT2D eigenvalue weighted by atomic mass is 16.5. The molecular formula is C20H40N4O. The maximum Gasteiger partial charge on any atom is 0.191 e. The van der Waals surface area contributed by atoms with E-state index in [1.165, 1.54) is 38.8 Å². The molecule has 0 aromatic rings. The zero-order valence-electron chi connectivity index (χ0n) is 17.3. The van der Waals surface area contributed by atoms with Gasteiger partial charge in [0.1, 0.15) is 0 Å². The summed E-state index contributed by atoms with van der Waals surface area (Å²) in [7, 11) is 1.87. The molecule has 0 bridgehead atoms. The quantitative estimate of drug-likeness (QED) is 0.603. The Morgan fingerprint density at radius 1 is 1.20 bits per heavy atom. The average molecular weight is 353 g/mol. The standard InChI is InChI=1S/C20H40N4O/c1-15(2)24-11-9-17(10-12-24)23-19(21-6)22-14-16-8-7-13-25-18(16)20(3,4)5/h15-18H,7-14H2,1-6H3,(H2,21,22,23). The van der Waals surface area contributed by atoms with E-state index in [4.69, 9.17) is 4.74 Å². The highest BCUT2D eigenvalue weighted by Crippen LogP contribution is 2.33. The summed E-state index contributed by atoms with van der Waals surface area (Å²) in [5, 5.41) is 7.20. The molecule has 0 spiro atoms. The zero-order valence-corrected chi connectivity index (χ0v) is 17.3. The van der Waals surface area contributed by atoms with Crippen LogP contribution in [0.1, 0.15) is 60.3 Å². The van der Waals surface area contributed by atoms with E-state index in [9.17, 15) is 0 Å². The van der Waals surface area contributed by atoms with Crippen LogP contribution in [0.25, 0.3) is 0 Å². The minimum atomic E-state index is 0.188. The normalized spacial score (nSPS) is 27.6. The second-order valence-corrected chi connectivity index (χ2v) is 9.06. The molecule has 2 aliphatic heterocycles. The Morgan fingerprint density at radius 3 is 2.44 bits per heavy atom. The molecule has 2 aliphatic rings. The van der Waals surface area contributed by atoms with Crippen molar-refractivity contribution in [3.63, 3.8) is 0 Å². The lowest BCUT2D eigenvalue weighted by Crippen LogP contribution is -2.52. The highest BCUT2D eigenvalue weighted by Gasteiger charge is 2.35. The Hall–Kier alpha value is -0.810. The lowest BCUT2D eigenvalue weighted by atomic mass is 9.78. The Labute approximate surface area is 155 Å². The van der Waals surface area contributed by atoms with E-state index in [0.29, 0.717) is 24.1 Å². The number of nitrogens with one attached hydrogen (secondary N) is 2. The molecule has 2 N–H and O–H groups in total. The van der Waals surface area contributed by atoms with Gasteiger partial charge in [0, 0.05) is 51.3 Å². The predicted octanol–water partition coefficient (Wildman–Crippen LogP) is 2.87. The van der Waals surface area contributed by atoms with Crippen LogP contribution in [-0.2, 0) is 4.74 Å². The fourth-order valence-electron chi connectivity index (χ4n) is 4.19. The van der Waals surface area contributed by atoms with Gasteiger partial charge in [0.15, 0.2) is 5.96 Å². The Morgan fingerprint density at radius 2 is 1.88 bits per heavy atom. The van der Waals surface area contributed by atoms with Gasteiger partial charge in [0.2, 0.25) is 0 Å². The van der Waals surface area contributed by atoms with Crippen molar-refractivity contribution in [2.45, 2.75) is 78.5 Å². The summed E-state index contributed by atoms with van der Waals surface area (Å²) in [5.74, 6) is 1.50. The van der Waals surface area contributed by atoms with Crippen molar-refractivity contribution >= 4 is 5.96 Å². The molecule has 2 heterocycles. The van der Waals surface area contributed by atoms with Gasteiger partial charge < -0.3 is 20.3 Å². The molecule has 0 radical (unpaired) electrons. The van der Waals surface area contributed by atoms with Crippen LogP contribution in [0.2, 0.25) is 0 Å². The van der Waals surface area contributed by atoms with Crippen molar-refractivity contribution in [1.82, 2.24) is 15.5 Å². The first-order chi connectivity index (χ1) is 11.8. The molecule has 2 rings (SSSR count). The number of nitrogens with zero attached hydrogens (tertiary/aromatic N) is 2. The first-order valence-electron chi connectivity index (χ1n) is 10.1. The van der Waals surface area contributed by atoms with Crippen LogP contribution in [0.4, 0.5) is 0 Å². The van der Waals surface area contributed by atoms with E-state index in [1.54, 1.807) is 0 Å². The van der Waals surface area contributed by atoms with Gasteiger partial charge in [0.05, 0.1) is 6.10 Å². The zero-order chi connectivity index (χ0) is 18.4. The maximum atomic E-state index is 6.10. The summed E-state index contributed by atoms with van der Waals surface area (Å²) >= 11 is 0. The third kappa shape index (κ3) is 6.14. The molecule has 0 aliphatic carbocycles. The largest absolute Gasteiger partial charge is 0.377 e. The van der Waals surface area contributed by atoms with Gasteiger partial charge in [0.25, 0.3) is 0 Å². The molecule has 5 heteroatoms. The minimum absolute atomic E-state index is 0.188. The van der Waals surface area contributed by atoms with Crippen LogP contribution >= 0.6 is 0 Å². The third-order valence-corrected chi connectivity index (χ3v) is 5.65. The smallest absolute Gasteiger partial charge is 0.191 e. The Kier molecular flexibility index (Phi) is 7.56. The van der Waals surface area contributed by atoms with Gasteiger partial charge >= 0.3 is 0 Å². The van der Waals surface area contributed by atoms with E-state index in [2.05, 4.69) is 55.1 Å². The summed E-state index contributed by atoms with van der Waals surface area (Å²) < 4.78 is 6.10. The maximum absolute atomic E-state index is 6.10. The van der Waals surface area contributed by atoms with Crippen LogP contribution in [0.15, 0.2) is 4.99 Å². The van der Waals surface area contributed by atoms with Crippen molar-refractivity contribution in [1.29, 1.82) is 0 Å². The first kappa shape index (κ1) is 20.5. The molecule has 2 saturated heterocycles. The monoisotopic (exact) mass is 352 g/mol.